The Kier molecular flexibility index (Phi) is 2.90. The summed E-state index contributed by atoms with van der Waals surface area (Å²) in [4.78, 5) is 24.2. The van der Waals surface area contributed by atoms with Gasteiger partial charge in [0.25, 0.3) is 5.91 Å². The highest BCUT2D eigenvalue weighted by atomic mass is 16.2. The van der Waals surface area contributed by atoms with Gasteiger partial charge in [0.1, 0.15) is 12.1 Å². The summed E-state index contributed by atoms with van der Waals surface area (Å²) in [5.41, 5.74) is 6.91. The van der Waals surface area contributed by atoms with E-state index < -0.39 is 6.04 Å². The van der Waals surface area contributed by atoms with Crippen molar-refractivity contribution in [3.05, 3.63) is 23.8 Å². The first kappa shape index (κ1) is 11.9. The lowest BCUT2D eigenvalue weighted by Gasteiger charge is -2.13. The minimum atomic E-state index is -0.613. The Hall–Kier alpha value is -2.55. The zero-order valence-electron chi connectivity index (χ0n) is 9.80. The molecule has 0 bridgehead atoms. The molecule has 0 aromatic heterocycles. The smallest absolute Gasteiger partial charge is 0.251 e. The third-order valence-corrected chi connectivity index (χ3v) is 2.88. The fourth-order valence-corrected chi connectivity index (χ4v) is 1.84. The fourth-order valence-electron chi connectivity index (χ4n) is 1.84. The highest BCUT2D eigenvalue weighted by molar-refractivity contribution is 6.06. The molecule has 0 saturated carbocycles. The number of imide groups is 1. The summed E-state index contributed by atoms with van der Waals surface area (Å²) < 4.78 is 0. The summed E-state index contributed by atoms with van der Waals surface area (Å²) in [7, 11) is 1.44. The van der Waals surface area contributed by atoms with Crippen molar-refractivity contribution in [2.45, 2.75) is 12.5 Å². The molecule has 18 heavy (non-hydrogen) atoms. The molecule has 1 aromatic rings. The van der Waals surface area contributed by atoms with Crippen LogP contribution in [0.1, 0.15) is 12.0 Å². The number of amides is 2. The van der Waals surface area contributed by atoms with E-state index in [-0.39, 0.29) is 18.2 Å². The Morgan fingerprint density at radius 3 is 2.78 bits per heavy atom. The second kappa shape index (κ2) is 4.37. The van der Waals surface area contributed by atoms with Crippen LogP contribution in [-0.4, -0.2) is 29.8 Å². The Morgan fingerprint density at radius 1 is 1.50 bits per heavy atom. The van der Waals surface area contributed by atoms with E-state index in [4.69, 9.17) is 11.0 Å². The van der Waals surface area contributed by atoms with Gasteiger partial charge in [0, 0.05) is 12.7 Å². The molecule has 0 spiro atoms. The monoisotopic (exact) mass is 244 g/mol. The van der Waals surface area contributed by atoms with Crippen LogP contribution >= 0.6 is 0 Å². The van der Waals surface area contributed by atoms with Gasteiger partial charge in [-0.3, -0.25) is 14.5 Å². The van der Waals surface area contributed by atoms with Crippen molar-refractivity contribution in [3.63, 3.8) is 0 Å². The number of nitriles is 1. The number of anilines is 2. The molecule has 6 nitrogen and oxygen atoms in total. The topological polar surface area (TPSA) is 99.2 Å². The minimum absolute atomic E-state index is 0.102. The molecular weight excluding hydrogens is 232 g/mol. The van der Waals surface area contributed by atoms with Gasteiger partial charge in [-0.2, -0.15) is 5.26 Å². The second-order valence-electron chi connectivity index (χ2n) is 4.11. The SMILES string of the molecule is CN1C(=O)CC(Nc2ccc(N)cc2C#N)C1=O. The number of nitrogens with one attached hydrogen (secondary N) is 1. The molecular formula is C12H12N4O2. The molecule has 1 fully saturated rings. The van der Waals surface area contributed by atoms with Crippen molar-refractivity contribution in [1.82, 2.24) is 4.90 Å². The molecule has 1 unspecified atom stereocenters. The van der Waals surface area contributed by atoms with Crippen molar-refractivity contribution in [2.24, 2.45) is 0 Å². The second-order valence-corrected chi connectivity index (χ2v) is 4.11. The largest absolute Gasteiger partial charge is 0.399 e. The summed E-state index contributed by atoms with van der Waals surface area (Å²) in [6, 6.07) is 6.17. The van der Waals surface area contributed by atoms with Crippen LogP contribution in [0.4, 0.5) is 11.4 Å². The number of carbonyl (C=O) groups excluding carboxylic acids is 2. The van der Waals surface area contributed by atoms with Crippen molar-refractivity contribution >= 4 is 23.2 Å². The predicted molar refractivity (Wildman–Crippen MR) is 65.4 cm³/mol. The van der Waals surface area contributed by atoms with Crippen LogP contribution in [0.3, 0.4) is 0 Å². The maximum absolute atomic E-state index is 11.7. The number of likely N-dealkylation sites (N-methyl/N-ethyl adjacent to an activating group) is 1. The molecule has 2 amide bonds. The van der Waals surface area contributed by atoms with E-state index in [2.05, 4.69) is 5.32 Å². The first-order valence-electron chi connectivity index (χ1n) is 5.39. The van der Waals surface area contributed by atoms with E-state index in [1.165, 1.54) is 13.1 Å². The van der Waals surface area contributed by atoms with Crippen LogP contribution in [0.5, 0.6) is 0 Å². The summed E-state index contributed by atoms with van der Waals surface area (Å²) >= 11 is 0. The molecule has 1 atom stereocenters. The fraction of sp³-hybridized carbons (Fsp3) is 0.250. The van der Waals surface area contributed by atoms with E-state index in [1.54, 1.807) is 12.1 Å². The first-order chi connectivity index (χ1) is 8.52. The highest BCUT2D eigenvalue weighted by Crippen LogP contribution is 2.22. The molecule has 92 valence electrons. The number of rotatable bonds is 2. The van der Waals surface area contributed by atoms with Gasteiger partial charge in [-0.05, 0) is 18.2 Å². The molecule has 0 aliphatic carbocycles. The van der Waals surface area contributed by atoms with Gasteiger partial charge in [-0.1, -0.05) is 0 Å². The number of nitrogens with two attached hydrogens (primary N) is 1. The Morgan fingerprint density at radius 2 is 2.22 bits per heavy atom. The number of hydrogen-bond donors (Lipinski definition) is 2. The molecule has 1 heterocycles. The number of hydrogen-bond acceptors (Lipinski definition) is 5. The van der Waals surface area contributed by atoms with Crippen molar-refractivity contribution in [3.8, 4) is 6.07 Å². The first-order valence-corrected chi connectivity index (χ1v) is 5.39. The van der Waals surface area contributed by atoms with Gasteiger partial charge in [0.05, 0.1) is 17.7 Å². The van der Waals surface area contributed by atoms with Gasteiger partial charge < -0.3 is 11.1 Å². The Bertz CT molecular complexity index is 562. The van der Waals surface area contributed by atoms with Crippen LogP contribution in [-0.2, 0) is 9.59 Å². The normalized spacial score (nSPS) is 18.9. The zero-order chi connectivity index (χ0) is 13.3. The summed E-state index contributed by atoms with van der Waals surface area (Å²) in [5, 5.41) is 11.9. The molecule has 1 aliphatic heterocycles. The zero-order valence-corrected chi connectivity index (χ0v) is 9.80. The lowest BCUT2D eigenvalue weighted by Crippen LogP contribution is -2.32. The number of nitrogens with zero attached hydrogens (tertiary/aromatic N) is 2. The minimum Gasteiger partial charge on any atom is -0.399 e. The van der Waals surface area contributed by atoms with Gasteiger partial charge in [0.2, 0.25) is 5.91 Å². The van der Waals surface area contributed by atoms with E-state index >= 15 is 0 Å². The summed E-state index contributed by atoms with van der Waals surface area (Å²) in [6.45, 7) is 0. The Balaban J connectivity index is 2.23. The average Bonchev–Trinajstić information content (AvgIpc) is 2.59. The number of carbonyl (C=O) groups is 2. The third kappa shape index (κ3) is 1.98. The van der Waals surface area contributed by atoms with E-state index in [9.17, 15) is 9.59 Å². The molecule has 3 N–H and O–H groups in total. The summed E-state index contributed by atoms with van der Waals surface area (Å²) in [6.07, 6.45) is 0.102. The predicted octanol–water partition coefficient (Wildman–Crippen LogP) is 0.310. The molecule has 1 aliphatic rings. The highest BCUT2D eigenvalue weighted by Gasteiger charge is 2.36. The van der Waals surface area contributed by atoms with Crippen LogP contribution in [0, 0.1) is 11.3 Å². The van der Waals surface area contributed by atoms with Gasteiger partial charge in [-0.25, -0.2) is 0 Å². The van der Waals surface area contributed by atoms with Gasteiger partial charge in [-0.15, -0.1) is 0 Å². The van der Waals surface area contributed by atoms with Crippen LogP contribution in [0.2, 0.25) is 0 Å². The molecule has 1 aromatic carbocycles. The quantitative estimate of drug-likeness (QED) is 0.576. The maximum Gasteiger partial charge on any atom is 0.251 e. The standard InChI is InChI=1S/C12H12N4O2/c1-16-11(17)5-10(12(16)18)15-9-3-2-8(14)4-7(9)6-13/h2-4,10,15H,5,14H2,1H3. The van der Waals surface area contributed by atoms with Gasteiger partial charge >= 0.3 is 0 Å². The van der Waals surface area contributed by atoms with Crippen LogP contribution < -0.4 is 11.1 Å². The maximum atomic E-state index is 11.7. The molecule has 2 rings (SSSR count). The lowest BCUT2D eigenvalue weighted by molar-refractivity contribution is -0.136. The van der Waals surface area contributed by atoms with Crippen LogP contribution in [0.25, 0.3) is 0 Å². The van der Waals surface area contributed by atoms with E-state index in [1.807, 2.05) is 6.07 Å². The van der Waals surface area contributed by atoms with Crippen molar-refractivity contribution in [2.75, 3.05) is 18.1 Å². The third-order valence-electron chi connectivity index (χ3n) is 2.88. The lowest BCUT2D eigenvalue weighted by atomic mass is 10.1. The van der Waals surface area contributed by atoms with E-state index in [0.717, 1.165) is 4.90 Å². The van der Waals surface area contributed by atoms with Gasteiger partial charge in [0.15, 0.2) is 0 Å². The van der Waals surface area contributed by atoms with Crippen molar-refractivity contribution < 1.29 is 9.59 Å². The number of nitrogen functional groups attached to an aromatic ring is 1. The Labute approximate surface area is 104 Å². The average molecular weight is 244 g/mol. The number of likely N-dealkylation sites (tertiary alicyclic amines) is 1. The number of benzene rings is 1. The van der Waals surface area contributed by atoms with E-state index in [0.29, 0.717) is 16.9 Å². The van der Waals surface area contributed by atoms with Crippen LogP contribution in [0.15, 0.2) is 18.2 Å². The molecule has 6 heteroatoms. The molecule has 0 radical (unpaired) electrons. The summed E-state index contributed by atoms with van der Waals surface area (Å²) in [5.74, 6) is -0.521. The van der Waals surface area contributed by atoms with Crippen molar-refractivity contribution in [1.29, 1.82) is 5.26 Å². The molecule has 1 saturated heterocycles.